The zero-order valence-corrected chi connectivity index (χ0v) is 8.82. The van der Waals surface area contributed by atoms with Crippen LogP contribution in [-0.2, 0) is 4.74 Å². The second kappa shape index (κ2) is 5.03. The molecule has 1 unspecified atom stereocenters. The molecule has 1 saturated heterocycles. The van der Waals surface area contributed by atoms with E-state index in [1.165, 1.54) is 12.8 Å². The van der Waals surface area contributed by atoms with Crippen molar-refractivity contribution < 1.29 is 9.47 Å². The second-order valence-corrected chi connectivity index (χ2v) is 3.84. The molecule has 0 radical (unpaired) electrons. The van der Waals surface area contributed by atoms with Crippen LogP contribution in [0.3, 0.4) is 0 Å². The molecule has 0 saturated carbocycles. The summed E-state index contributed by atoms with van der Waals surface area (Å²) in [4.78, 5) is 0. The number of benzene rings is 1. The number of nitrogen functional groups attached to an aromatic ring is 1. The van der Waals surface area contributed by atoms with Gasteiger partial charge in [-0.15, -0.1) is 0 Å². The summed E-state index contributed by atoms with van der Waals surface area (Å²) in [7, 11) is 0. The number of hydrogen-bond donors (Lipinski definition) is 1. The minimum absolute atomic E-state index is 0.402. The van der Waals surface area contributed by atoms with E-state index in [1.807, 2.05) is 24.3 Å². The van der Waals surface area contributed by atoms with Crippen LogP contribution in [0, 0.1) is 0 Å². The molecule has 0 aliphatic carbocycles. The first-order valence-electron chi connectivity index (χ1n) is 5.44. The molecule has 1 aliphatic rings. The van der Waals surface area contributed by atoms with Crippen LogP contribution in [-0.4, -0.2) is 19.3 Å². The van der Waals surface area contributed by atoms with Crippen LogP contribution in [0.25, 0.3) is 0 Å². The highest BCUT2D eigenvalue weighted by molar-refractivity contribution is 5.41. The lowest BCUT2D eigenvalue weighted by Crippen LogP contribution is -2.10. The van der Waals surface area contributed by atoms with Gasteiger partial charge in [0.05, 0.1) is 12.7 Å². The summed E-state index contributed by atoms with van der Waals surface area (Å²) in [5, 5.41) is 0. The van der Waals surface area contributed by atoms with E-state index in [0.29, 0.717) is 12.7 Å². The van der Waals surface area contributed by atoms with E-state index >= 15 is 0 Å². The zero-order valence-electron chi connectivity index (χ0n) is 8.82. The van der Waals surface area contributed by atoms with Crippen LogP contribution in [0.15, 0.2) is 24.3 Å². The van der Waals surface area contributed by atoms with Gasteiger partial charge in [-0.1, -0.05) is 0 Å². The van der Waals surface area contributed by atoms with E-state index < -0.39 is 0 Å². The minimum Gasteiger partial charge on any atom is -0.493 e. The molecular weight excluding hydrogens is 190 g/mol. The molecule has 3 heteroatoms. The van der Waals surface area contributed by atoms with E-state index in [0.717, 1.165) is 24.5 Å². The molecule has 0 amide bonds. The van der Waals surface area contributed by atoms with Crippen LogP contribution >= 0.6 is 0 Å². The lowest BCUT2D eigenvalue weighted by atomic mass is 10.2. The Kier molecular flexibility index (Phi) is 3.45. The van der Waals surface area contributed by atoms with Gasteiger partial charge in [-0.2, -0.15) is 0 Å². The Morgan fingerprint density at radius 2 is 2.13 bits per heavy atom. The molecule has 3 nitrogen and oxygen atoms in total. The Hall–Kier alpha value is -1.22. The highest BCUT2D eigenvalue weighted by atomic mass is 16.5. The zero-order chi connectivity index (χ0) is 10.5. The summed E-state index contributed by atoms with van der Waals surface area (Å²) in [6.45, 7) is 1.63. The molecule has 1 aromatic rings. The fourth-order valence-corrected chi connectivity index (χ4v) is 1.74. The Morgan fingerprint density at radius 3 is 2.80 bits per heavy atom. The van der Waals surface area contributed by atoms with Crippen LogP contribution in [0.4, 0.5) is 5.69 Å². The minimum atomic E-state index is 0.402. The van der Waals surface area contributed by atoms with E-state index in [4.69, 9.17) is 15.2 Å². The van der Waals surface area contributed by atoms with Crippen molar-refractivity contribution in [3.05, 3.63) is 24.3 Å². The SMILES string of the molecule is Nc1ccc(OCCC2CCCO2)cc1. The van der Waals surface area contributed by atoms with Gasteiger partial charge < -0.3 is 15.2 Å². The molecule has 15 heavy (non-hydrogen) atoms. The molecule has 0 aromatic heterocycles. The van der Waals surface area contributed by atoms with Gasteiger partial charge >= 0.3 is 0 Å². The van der Waals surface area contributed by atoms with Gasteiger partial charge in [0.2, 0.25) is 0 Å². The molecule has 82 valence electrons. The Bertz CT molecular complexity index is 291. The normalized spacial score (nSPS) is 20.4. The first kappa shape index (κ1) is 10.3. The maximum atomic E-state index is 5.59. The van der Waals surface area contributed by atoms with Gasteiger partial charge in [0.25, 0.3) is 0 Å². The van der Waals surface area contributed by atoms with Gasteiger partial charge in [0.1, 0.15) is 5.75 Å². The van der Waals surface area contributed by atoms with Crippen LogP contribution in [0.2, 0.25) is 0 Å². The Balaban J connectivity index is 1.71. The second-order valence-electron chi connectivity index (χ2n) is 3.84. The summed E-state index contributed by atoms with van der Waals surface area (Å²) in [6, 6.07) is 7.48. The number of nitrogens with two attached hydrogens (primary N) is 1. The number of rotatable bonds is 4. The van der Waals surface area contributed by atoms with Crippen LogP contribution in [0.5, 0.6) is 5.75 Å². The van der Waals surface area contributed by atoms with Crippen LogP contribution < -0.4 is 10.5 Å². The molecule has 2 N–H and O–H groups in total. The molecule has 1 fully saturated rings. The smallest absolute Gasteiger partial charge is 0.119 e. The summed E-state index contributed by atoms with van der Waals surface area (Å²) >= 11 is 0. The van der Waals surface area contributed by atoms with Crippen LogP contribution in [0.1, 0.15) is 19.3 Å². The highest BCUT2D eigenvalue weighted by Gasteiger charge is 2.14. The third-order valence-corrected chi connectivity index (χ3v) is 2.61. The van der Waals surface area contributed by atoms with Crippen molar-refractivity contribution in [2.45, 2.75) is 25.4 Å². The Labute approximate surface area is 90.2 Å². The third-order valence-electron chi connectivity index (χ3n) is 2.61. The molecule has 2 rings (SSSR count). The predicted molar refractivity (Wildman–Crippen MR) is 59.9 cm³/mol. The maximum absolute atomic E-state index is 5.59. The highest BCUT2D eigenvalue weighted by Crippen LogP contribution is 2.17. The van der Waals surface area contributed by atoms with Crippen molar-refractivity contribution in [2.75, 3.05) is 18.9 Å². The average Bonchev–Trinajstić information content (AvgIpc) is 2.74. The van der Waals surface area contributed by atoms with Crippen molar-refractivity contribution in [2.24, 2.45) is 0 Å². The largest absolute Gasteiger partial charge is 0.493 e. The summed E-state index contributed by atoms with van der Waals surface area (Å²) in [5.41, 5.74) is 6.34. The third kappa shape index (κ3) is 3.13. The topological polar surface area (TPSA) is 44.5 Å². The summed E-state index contributed by atoms with van der Waals surface area (Å²) in [6.07, 6.45) is 3.74. The molecular formula is C12H17NO2. The molecule has 1 atom stereocenters. The number of anilines is 1. The van der Waals surface area contributed by atoms with E-state index in [1.54, 1.807) is 0 Å². The average molecular weight is 207 g/mol. The van der Waals surface area contributed by atoms with Crippen molar-refractivity contribution in [3.63, 3.8) is 0 Å². The summed E-state index contributed by atoms with van der Waals surface area (Å²) in [5.74, 6) is 0.877. The molecule has 0 bridgehead atoms. The lowest BCUT2D eigenvalue weighted by Gasteiger charge is -2.10. The van der Waals surface area contributed by atoms with E-state index in [9.17, 15) is 0 Å². The fourth-order valence-electron chi connectivity index (χ4n) is 1.74. The first-order valence-corrected chi connectivity index (χ1v) is 5.44. The summed E-state index contributed by atoms with van der Waals surface area (Å²) < 4.78 is 11.1. The maximum Gasteiger partial charge on any atom is 0.119 e. The van der Waals surface area contributed by atoms with Crippen molar-refractivity contribution in [1.82, 2.24) is 0 Å². The monoisotopic (exact) mass is 207 g/mol. The lowest BCUT2D eigenvalue weighted by molar-refractivity contribution is 0.0903. The van der Waals surface area contributed by atoms with Gasteiger partial charge in [0, 0.05) is 18.7 Å². The van der Waals surface area contributed by atoms with Gasteiger partial charge in [-0.3, -0.25) is 0 Å². The quantitative estimate of drug-likeness (QED) is 0.770. The number of hydrogen-bond acceptors (Lipinski definition) is 3. The van der Waals surface area contributed by atoms with Gasteiger partial charge in [-0.05, 0) is 37.1 Å². The van der Waals surface area contributed by atoms with E-state index in [2.05, 4.69) is 0 Å². The van der Waals surface area contributed by atoms with Crippen molar-refractivity contribution >= 4 is 5.69 Å². The first-order chi connectivity index (χ1) is 7.34. The Morgan fingerprint density at radius 1 is 1.33 bits per heavy atom. The molecule has 1 aromatic carbocycles. The van der Waals surface area contributed by atoms with Gasteiger partial charge in [0.15, 0.2) is 0 Å². The standard InChI is InChI=1S/C12H17NO2/c13-10-3-5-12(6-4-10)15-9-7-11-2-1-8-14-11/h3-6,11H,1-2,7-9,13H2. The number of ether oxygens (including phenoxy) is 2. The molecule has 0 spiro atoms. The van der Waals surface area contributed by atoms with Gasteiger partial charge in [-0.25, -0.2) is 0 Å². The molecule has 1 heterocycles. The van der Waals surface area contributed by atoms with Crippen molar-refractivity contribution in [1.29, 1.82) is 0 Å². The van der Waals surface area contributed by atoms with E-state index in [-0.39, 0.29) is 0 Å². The van der Waals surface area contributed by atoms with Crippen molar-refractivity contribution in [3.8, 4) is 5.75 Å². The molecule has 1 aliphatic heterocycles. The fraction of sp³-hybridized carbons (Fsp3) is 0.500. The predicted octanol–water partition coefficient (Wildman–Crippen LogP) is 2.22.